The van der Waals surface area contributed by atoms with Crippen LogP contribution in [0.2, 0.25) is 0 Å². The van der Waals surface area contributed by atoms with Crippen molar-refractivity contribution in [2.75, 3.05) is 0 Å². The van der Waals surface area contributed by atoms with E-state index in [1.807, 2.05) is 24.3 Å². The van der Waals surface area contributed by atoms with Gasteiger partial charge in [-0.15, -0.1) is 0 Å². The first kappa shape index (κ1) is 11.4. The molecule has 0 amide bonds. The molecular formula is C15H16N2O. The Morgan fingerprint density at radius 2 is 2.17 bits per heavy atom. The lowest BCUT2D eigenvalue weighted by atomic mass is 9.91. The lowest BCUT2D eigenvalue weighted by molar-refractivity contribution is 0.0915. The zero-order chi connectivity index (χ0) is 12.5. The van der Waals surface area contributed by atoms with E-state index in [1.165, 1.54) is 0 Å². The van der Waals surface area contributed by atoms with E-state index in [0.29, 0.717) is 0 Å². The minimum Gasteiger partial charge on any atom is -0.327 e. The predicted molar refractivity (Wildman–Crippen MR) is 71.4 cm³/mol. The molecule has 3 heteroatoms. The molecule has 2 aromatic rings. The molecule has 2 N–H and O–H groups in total. The van der Waals surface area contributed by atoms with Crippen molar-refractivity contribution in [1.82, 2.24) is 4.98 Å². The summed E-state index contributed by atoms with van der Waals surface area (Å²) in [6.45, 7) is 0. The van der Waals surface area contributed by atoms with Crippen molar-refractivity contribution in [3.8, 4) is 0 Å². The summed E-state index contributed by atoms with van der Waals surface area (Å²) in [6.07, 6.45) is 6.44. The number of carbonyl (C=O) groups excluding carboxylic acids is 1. The highest BCUT2D eigenvalue weighted by molar-refractivity contribution is 6.09. The van der Waals surface area contributed by atoms with Crippen LogP contribution in [0.5, 0.6) is 0 Å². The number of nitrogens with two attached hydrogens (primary N) is 1. The van der Waals surface area contributed by atoms with Gasteiger partial charge in [0.05, 0.1) is 0 Å². The third kappa shape index (κ3) is 1.81. The molecule has 0 aliphatic heterocycles. The van der Waals surface area contributed by atoms with Gasteiger partial charge in [0, 0.05) is 35.3 Å². The summed E-state index contributed by atoms with van der Waals surface area (Å²) in [5, 5.41) is 1.99. The van der Waals surface area contributed by atoms with Crippen LogP contribution in [-0.2, 0) is 0 Å². The number of ketones is 1. The van der Waals surface area contributed by atoms with E-state index in [2.05, 4.69) is 4.98 Å². The summed E-state index contributed by atoms with van der Waals surface area (Å²) < 4.78 is 0. The fourth-order valence-electron chi connectivity index (χ4n) is 2.84. The van der Waals surface area contributed by atoms with Crippen molar-refractivity contribution in [1.29, 1.82) is 0 Å². The Kier molecular flexibility index (Phi) is 2.84. The van der Waals surface area contributed by atoms with Crippen molar-refractivity contribution in [3.05, 3.63) is 42.2 Å². The Balaban J connectivity index is 2.06. The number of Topliss-reactive ketones (excluding diaryl/α,β-unsaturated/α-hetero) is 1. The third-order valence-electron chi connectivity index (χ3n) is 3.86. The quantitative estimate of drug-likeness (QED) is 0.821. The first-order valence-electron chi connectivity index (χ1n) is 6.40. The van der Waals surface area contributed by atoms with Crippen molar-refractivity contribution in [3.63, 3.8) is 0 Å². The van der Waals surface area contributed by atoms with Gasteiger partial charge in [-0.05, 0) is 24.3 Å². The molecule has 3 nitrogen and oxygen atoms in total. The molecule has 2 unspecified atom stereocenters. The van der Waals surface area contributed by atoms with Crippen molar-refractivity contribution >= 4 is 16.6 Å². The van der Waals surface area contributed by atoms with E-state index in [0.717, 1.165) is 35.6 Å². The predicted octanol–water partition coefficient (Wildman–Crippen LogP) is 2.54. The molecule has 1 fully saturated rings. The van der Waals surface area contributed by atoms with Crippen LogP contribution in [0.4, 0.5) is 0 Å². The highest BCUT2D eigenvalue weighted by Crippen LogP contribution is 2.29. The average Bonchev–Trinajstić information content (AvgIpc) is 2.83. The van der Waals surface area contributed by atoms with Crippen molar-refractivity contribution < 1.29 is 4.79 Å². The molecular weight excluding hydrogens is 224 g/mol. The normalized spacial score (nSPS) is 23.4. The highest BCUT2D eigenvalue weighted by Gasteiger charge is 2.31. The number of rotatable bonds is 2. The number of carbonyl (C=O) groups is 1. The molecule has 1 aliphatic carbocycles. The molecule has 0 radical (unpaired) electrons. The Labute approximate surface area is 106 Å². The van der Waals surface area contributed by atoms with E-state index in [1.54, 1.807) is 12.4 Å². The van der Waals surface area contributed by atoms with Gasteiger partial charge in [0.25, 0.3) is 0 Å². The summed E-state index contributed by atoms with van der Waals surface area (Å²) in [5.41, 5.74) is 6.79. The van der Waals surface area contributed by atoms with Gasteiger partial charge < -0.3 is 5.73 Å². The fourth-order valence-corrected chi connectivity index (χ4v) is 2.84. The summed E-state index contributed by atoms with van der Waals surface area (Å²) in [7, 11) is 0. The summed E-state index contributed by atoms with van der Waals surface area (Å²) in [5.74, 6) is 0.161. The minimum absolute atomic E-state index is 0.0178. The molecule has 2 atom stereocenters. The maximum Gasteiger partial charge on any atom is 0.168 e. The maximum atomic E-state index is 12.6. The number of benzene rings is 1. The second-order valence-electron chi connectivity index (χ2n) is 4.97. The molecule has 1 aromatic heterocycles. The van der Waals surface area contributed by atoms with E-state index in [9.17, 15) is 4.79 Å². The molecule has 92 valence electrons. The smallest absolute Gasteiger partial charge is 0.168 e. The molecule has 3 rings (SSSR count). The first-order valence-corrected chi connectivity index (χ1v) is 6.40. The van der Waals surface area contributed by atoms with E-state index < -0.39 is 0 Å². The number of pyridine rings is 1. The molecule has 18 heavy (non-hydrogen) atoms. The molecule has 0 bridgehead atoms. The van der Waals surface area contributed by atoms with Crippen LogP contribution in [0.15, 0.2) is 36.7 Å². The van der Waals surface area contributed by atoms with E-state index >= 15 is 0 Å². The summed E-state index contributed by atoms with van der Waals surface area (Å²) in [6, 6.07) is 7.76. The van der Waals surface area contributed by atoms with E-state index in [4.69, 9.17) is 5.73 Å². The van der Waals surface area contributed by atoms with Crippen LogP contribution < -0.4 is 5.73 Å². The molecule has 1 heterocycles. The molecule has 1 saturated carbocycles. The largest absolute Gasteiger partial charge is 0.327 e. The number of fused-ring (bicyclic) bond motifs is 1. The zero-order valence-corrected chi connectivity index (χ0v) is 10.2. The van der Waals surface area contributed by atoms with Gasteiger partial charge in [-0.2, -0.15) is 0 Å². The van der Waals surface area contributed by atoms with Crippen LogP contribution in [-0.4, -0.2) is 16.8 Å². The molecule has 1 aromatic carbocycles. The molecule has 1 aliphatic rings. The topological polar surface area (TPSA) is 56.0 Å². The van der Waals surface area contributed by atoms with Gasteiger partial charge in [-0.1, -0.05) is 24.6 Å². The van der Waals surface area contributed by atoms with Crippen LogP contribution in [0.3, 0.4) is 0 Å². The Hall–Kier alpha value is -1.74. The summed E-state index contributed by atoms with van der Waals surface area (Å²) >= 11 is 0. The SMILES string of the molecule is NC1CCCC1C(=O)c1cccc2ccncc12. The molecule has 0 spiro atoms. The molecule has 0 saturated heterocycles. The Bertz CT molecular complexity index is 589. The second-order valence-corrected chi connectivity index (χ2v) is 4.97. The van der Waals surface area contributed by atoms with Crippen molar-refractivity contribution in [2.45, 2.75) is 25.3 Å². The minimum atomic E-state index is -0.0178. The first-order chi connectivity index (χ1) is 8.77. The fraction of sp³-hybridized carbons (Fsp3) is 0.333. The van der Waals surface area contributed by atoms with Gasteiger partial charge in [0.2, 0.25) is 0 Å². The maximum absolute atomic E-state index is 12.6. The number of nitrogens with zero attached hydrogens (tertiary/aromatic N) is 1. The third-order valence-corrected chi connectivity index (χ3v) is 3.86. The second kappa shape index (κ2) is 4.50. The Morgan fingerprint density at radius 3 is 2.94 bits per heavy atom. The lowest BCUT2D eigenvalue weighted by Crippen LogP contribution is -2.30. The monoisotopic (exact) mass is 240 g/mol. The van der Waals surface area contributed by atoms with Gasteiger partial charge >= 0.3 is 0 Å². The average molecular weight is 240 g/mol. The van der Waals surface area contributed by atoms with Gasteiger partial charge in [-0.25, -0.2) is 0 Å². The number of hydrogen-bond donors (Lipinski definition) is 1. The van der Waals surface area contributed by atoms with E-state index in [-0.39, 0.29) is 17.7 Å². The summed E-state index contributed by atoms with van der Waals surface area (Å²) in [4.78, 5) is 16.7. The highest BCUT2D eigenvalue weighted by atomic mass is 16.1. The number of hydrogen-bond acceptors (Lipinski definition) is 3. The Morgan fingerprint density at radius 1 is 1.28 bits per heavy atom. The van der Waals surface area contributed by atoms with Gasteiger partial charge in [0.15, 0.2) is 5.78 Å². The van der Waals surface area contributed by atoms with Crippen LogP contribution in [0, 0.1) is 5.92 Å². The standard InChI is InChI=1S/C15H16N2O/c16-14-6-2-5-12(14)15(18)11-4-1-3-10-7-8-17-9-13(10)11/h1,3-4,7-9,12,14H,2,5-6,16H2. The lowest BCUT2D eigenvalue weighted by Gasteiger charge is -2.15. The van der Waals surface area contributed by atoms with Crippen molar-refractivity contribution in [2.24, 2.45) is 11.7 Å². The van der Waals surface area contributed by atoms with Crippen LogP contribution in [0.1, 0.15) is 29.6 Å². The van der Waals surface area contributed by atoms with Crippen LogP contribution >= 0.6 is 0 Å². The van der Waals surface area contributed by atoms with Gasteiger partial charge in [0.1, 0.15) is 0 Å². The van der Waals surface area contributed by atoms with Crippen LogP contribution in [0.25, 0.3) is 10.8 Å². The zero-order valence-electron chi connectivity index (χ0n) is 10.2. The van der Waals surface area contributed by atoms with Gasteiger partial charge in [-0.3, -0.25) is 9.78 Å². The number of aromatic nitrogens is 1.